The summed E-state index contributed by atoms with van der Waals surface area (Å²) in [5.41, 5.74) is 1.80. The van der Waals surface area contributed by atoms with Crippen molar-refractivity contribution in [3.8, 4) is 11.4 Å². The maximum atomic E-state index is 12.9. The third-order valence-electron chi connectivity index (χ3n) is 5.29. The van der Waals surface area contributed by atoms with E-state index in [4.69, 9.17) is 9.47 Å². The lowest BCUT2D eigenvalue weighted by Crippen LogP contribution is -2.35. The molecule has 1 saturated heterocycles. The van der Waals surface area contributed by atoms with Gasteiger partial charge in [-0.3, -0.25) is 4.90 Å². The molecule has 8 nitrogen and oxygen atoms in total. The molecule has 0 aliphatic carbocycles. The van der Waals surface area contributed by atoms with Crippen LogP contribution in [-0.4, -0.2) is 65.2 Å². The lowest BCUT2D eigenvalue weighted by atomic mass is 10.2. The number of rotatable bonds is 10. The molecule has 33 heavy (non-hydrogen) atoms. The van der Waals surface area contributed by atoms with E-state index in [1.54, 1.807) is 23.0 Å². The summed E-state index contributed by atoms with van der Waals surface area (Å²) in [5, 5.41) is 7.47. The van der Waals surface area contributed by atoms with Crippen LogP contribution in [0.1, 0.15) is 5.56 Å². The van der Waals surface area contributed by atoms with Crippen LogP contribution in [0, 0.1) is 5.82 Å². The Labute approximate surface area is 198 Å². The summed E-state index contributed by atoms with van der Waals surface area (Å²) in [6.07, 6.45) is 1.56. The van der Waals surface area contributed by atoms with Crippen molar-refractivity contribution in [2.75, 3.05) is 46.0 Å². The van der Waals surface area contributed by atoms with E-state index in [0.29, 0.717) is 32.0 Å². The summed E-state index contributed by atoms with van der Waals surface area (Å²) in [6, 6.07) is 13.9. The van der Waals surface area contributed by atoms with Crippen LogP contribution >= 0.6 is 12.4 Å². The van der Waals surface area contributed by atoms with Crippen LogP contribution in [0.2, 0.25) is 0 Å². The van der Waals surface area contributed by atoms with Crippen molar-refractivity contribution in [1.82, 2.24) is 24.6 Å². The molecule has 1 aliphatic rings. The molecule has 2 heterocycles. The zero-order chi connectivity index (χ0) is 22.2. The van der Waals surface area contributed by atoms with E-state index in [1.165, 1.54) is 16.8 Å². The molecule has 0 unspecified atom stereocenters. The van der Waals surface area contributed by atoms with Gasteiger partial charge in [-0.25, -0.2) is 18.4 Å². The quantitative estimate of drug-likeness (QED) is 0.451. The second kappa shape index (κ2) is 12.5. The fourth-order valence-corrected chi connectivity index (χ4v) is 3.57. The van der Waals surface area contributed by atoms with E-state index >= 15 is 0 Å². The number of nitrogens with one attached hydrogen (secondary N) is 1. The number of morpholine rings is 1. The Hall–Kier alpha value is -2.72. The molecule has 2 aromatic carbocycles. The number of ether oxygens (including phenoxy) is 2. The van der Waals surface area contributed by atoms with Gasteiger partial charge in [0.15, 0.2) is 0 Å². The minimum absolute atomic E-state index is 0. The first-order valence-electron chi connectivity index (χ1n) is 10.8. The topological polar surface area (TPSA) is 73.5 Å². The smallest absolute Gasteiger partial charge is 0.350 e. The molecule has 0 spiro atoms. The molecule has 1 fully saturated rings. The molecule has 0 radical (unpaired) electrons. The summed E-state index contributed by atoms with van der Waals surface area (Å²) in [6.45, 7) is 6.30. The highest BCUT2D eigenvalue weighted by atomic mass is 35.5. The molecule has 1 N–H and O–H groups in total. The van der Waals surface area contributed by atoms with Crippen molar-refractivity contribution < 1.29 is 13.9 Å². The monoisotopic (exact) mass is 477 g/mol. The number of benzene rings is 2. The Morgan fingerprint density at radius 3 is 2.67 bits per heavy atom. The Morgan fingerprint density at radius 1 is 1.09 bits per heavy atom. The summed E-state index contributed by atoms with van der Waals surface area (Å²) < 4.78 is 26.8. The number of hydrogen-bond donors (Lipinski definition) is 1. The number of nitrogens with zero attached hydrogens (tertiary/aromatic N) is 4. The van der Waals surface area contributed by atoms with Gasteiger partial charge in [-0.2, -0.15) is 5.10 Å². The highest BCUT2D eigenvalue weighted by molar-refractivity contribution is 5.85. The van der Waals surface area contributed by atoms with E-state index < -0.39 is 0 Å². The van der Waals surface area contributed by atoms with Crippen LogP contribution in [0.3, 0.4) is 0 Å². The van der Waals surface area contributed by atoms with Crippen molar-refractivity contribution >= 4 is 12.4 Å². The fourth-order valence-electron chi connectivity index (χ4n) is 3.57. The van der Waals surface area contributed by atoms with Gasteiger partial charge < -0.3 is 14.8 Å². The van der Waals surface area contributed by atoms with Gasteiger partial charge >= 0.3 is 5.69 Å². The second-order valence-corrected chi connectivity index (χ2v) is 7.62. The Balaban J connectivity index is 0.00000306. The zero-order valence-electron chi connectivity index (χ0n) is 18.4. The number of hydrogen-bond acceptors (Lipinski definition) is 6. The van der Waals surface area contributed by atoms with Crippen molar-refractivity contribution in [2.24, 2.45) is 0 Å². The molecule has 10 heteroatoms. The van der Waals surface area contributed by atoms with Gasteiger partial charge in [0.05, 0.1) is 25.4 Å². The van der Waals surface area contributed by atoms with Crippen LogP contribution in [0.25, 0.3) is 5.69 Å². The molecule has 1 aromatic heterocycles. The van der Waals surface area contributed by atoms with Crippen LogP contribution < -0.4 is 15.7 Å². The van der Waals surface area contributed by atoms with Gasteiger partial charge in [0.1, 0.15) is 24.5 Å². The van der Waals surface area contributed by atoms with Crippen molar-refractivity contribution in [3.63, 3.8) is 0 Å². The lowest BCUT2D eigenvalue weighted by molar-refractivity contribution is 0.0342. The maximum absolute atomic E-state index is 12.9. The average Bonchev–Trinajstić information content (AvgIpc) is 3.18. The van der Waals surface area contributed by atoms with Gasteiger partial charge in [0, 0.05) is 32.7 Å². The lowest BCUT2D eigenvalue weighted by Gasteiger charge is -2.26. The van der Waals surface area contributed by atoms with E-state index in [9.17, 15) is 9.18 Å². The molecule has 0 amide bonds. The zero-order valence-corrected chi connectivity index (χ0v) is 19.2. The molecular weight excluding hydrogens is 449 g/mol. The maximum Gasteiger partial charge on any atom is 0.350 e. The molecule has 4 rings (SSSR count). The summed E-state index contributed by atoms with van der Waals surface area (Å²) in [4.78, 5) is 15.1. The van der Waals surface area contributed by atoms with E-state index in [0.717, 1.165) is 44.1 Å². The van der Waals surface area contributed by atoms with Gasteiger partial charge in [-0.15, -0.1) is 12.4 Å². The van der Waals surface area contributed by atoms with Crippen LogP contribution in [-0.2, 0) is 17.8 Å². The number of halogens is 2. The Kier molecular flexibility index (Phi) is 9.44. The predicted molar refractivity (Wildman–Crippen MR) is 126 cm³/mol. The van der Waals surface area contributed by atoms with Gasteiger partial charge in [0.25, 0.3) is 0 Å². The molecule has 3 aromatic rings. The van der Waals surface area contributed by atoms with E-state index in [1.807, 2.05) is 18.2 Å². The molecule has 178 valence electrons. The van der Waals surface area contributed by atoms with Crippen LogP contribution in [0.4, 0.5) is 4.39 Å². The van der Waals surface area contributed by atoms with Crippen LogP contribution in [0.15, 0.2) is 59.7 Å². The first-order valence-corrected chi connectivity index (χ1v) is 10.8. The molecule has 0 saturated carbocycles. The summed E-state index contributed by atoms with van der Waals surface area (Å²) in [7, 11) is 0. The van der Waals surface area contributed by atoms with Gasteiger partial charge in [-0.1, -0.05) is 12.1 Å². The molecule has 0 bridgehead atoms. The van der Waals surface area contributed by atoms with Gasteiger partial charge in [0.2, 0.25) is 0 Å². The molecule has 0 atom stereocenters. The summed E-state index contributed by atoms with van der Waals surface area (Å²) >= 11 is 0. The van der Waals surface area contributed by atoms with E-state index in [-0.39, 0.29) is 23.9 Å². The normalized spacial score (nSPS) is 14.1. The molecule has 1 aliphatic heterocycles. The third-order valence-corrected chi connectivity index (χ3v) is 5.29. The minimum atomic E-state index is -0.288. The second-order valence-electron chi connectivity index (χ2n) is 7.62. The average molecular weight is 478 g/mol. The summed E-state index contributed by atoms with van der Waals surface area (Å²) in [5.74, 6) is 0.336. The SMILES string of the molecule is Cl.O=c1n(-c2cccc(CN3CCOCC3)c2)cnn1CCNCCOc1ccc(F)cc1. The first-order chi connectivity index (χ1) is 15.7. The minimum Gasteiger partial charge on any atom is -0.492 e. The largest absolute Gasteiger partial charge is 0.492 e. The highest BCUT2D eigenvalue weighted by Crippen LogP contribution is 2.12. The van der Waals surface area contributed by atoms with Crippen LogP contribution in [0.5, 0.6) is 5.75 Å². The first kappa shape index (κ1) is 24.9. The Morgan fingerprint density at radius 2 is 1.88 bits per heavy atom. The van der Waals surface area contributed by atoms with Gasteiger partial charge in [-0.05, 0) is 42.0 Å². The van der Waals surface area contributed by atoms with Crippen molar-refractivity contribution in [2.45, 2.75) is 13.1 Å². The number of aromatic nitrogens is 3. The van der Waals surface area contributed by atoms with Crippen molar-refractivity contribution in [1.29, 1.82) is 0 Å². The Bertz CT molecular complexity index is 1050. The third kappa shape index (κ3) is 7.13. The highest BCUT2D eigenvalue weighted by Gasteiger charge is 2.12. The van der Waals surface area contributed by atoms with E-state index in [2.05, 4.69) is 21.4 Å². The van der Waals surface area contributed by atoms with Crippen molar-refractivity contribution in [3.05, 3.63) is 76.7 Å². The standard InChI is InChI=1S/C23H28FN5O3.ClH/c24-20-4-6-22(7-5-20)32-13-9-25-8-10-29-23(30)28(18-26-29)21-3-1-2-19(16-21)17-27-11-14-31-15-12-27;/h1-7,16,18,25H,8-15,17H2;1H. The molecular formula is C23H29ClFN5O3. The predicted octanol–water partition coefficient (Wildman–Crippen LogP) is 2.10. The fraction of sp³-hybridized carbons (Fsp3) is 0.391.